The number of carbonyl (C=O) groups excluding carboxylic acids is 1. The first-order valence-electron chi connectivity index (χ1n) is 8.37. The van der Waals surface area contributed by atoms with E-state index in [4.69, 9.17) is 0 Å². The molecule has 0 radical (unpaired) electrons. The highest BCUT2D eigenvalue weighted by Crippen LogP contribution is 2.31. The molecular formula is C20H20N2OS. The summed E-state index contributed by atoms with van der Waals surface area (Å²) in [5.74, 6) is 0.203. The smallest absolute Gasteiger partial charge is 0.229 e. The number of anilines is 1. The summed E-state index contributed by atoms with van der Waals surface area (Å²) in [5.41, 5.74) is 2.37. The third kappa shape index (κ3) is 2.89. The van der Waals surface area contributed by atoms with Crippen LogP contribution in [0.5, 0.6) is 0 Å². The van der Waals surface area contributed by atoms with Gasteiger partial charge < -0.3 is 9.47 Å². The molecule has 1 aliphatic rings. The van der Waals surface area contributed by atoms with Gasteiger partial charge >= 0.3 is 0 Å². The van der Waals surface area contributed by atoms with Gasteiger partial charge in [0.2, 0.25) is 5.91 Å². The van der Waals surface area contributed by atoms with Crippen LogP contribution in [-0.4, -0.2) is 17.0 Å². The molecule has 0 saturated carbocycles. The van der Waals surface area contributed by atoms with E-state index in [1.165, 1.54) is 10.4 Å². The Balaban J connectivity index is 1.61. The number of aryl methyl sites for hydroxylation is 1. The quantitative estimate of drug-likeness (QED) is 0.688. The van der Waals surface area contributed by atoms with Crippen LogP contribution in [0.25, 0.3) is 0 Å². The molecular weight excluding hydrogens is 316 g/mol. The summed E-state index contributed by atoms with van der Waals surface area (Å²) in [7, 11) is 0. The molecule has 0 bridgehead atoms. The average molecular weight is 336 g/mol. The van der Waals surface area contributed by atoms with E-state index >= 15 is 0 Å². The average Bonchev–Trinajstić information content (AvgIpc) is 3.32. The zero-order valence-corrected chi connectivity index (χ0v) is 14.3. The van der Waals surface area contributed by atoms with Crippen molar-refractivity contribution >= 4 is 22.9 Å². The molecule has 0 fully saturated rings. The fraction of sp³-hybridized carbons (Fsp3) is 0.250. The third-order valence-electron chi connectivity index (χ3n) is 4.64. The van der Waals surface area contributed by atoms with Crippen molar-refractivity contribution < 1.29 is 4.79 Å². The van der Waals surface area contributed by atoms with Gasteiger partial charge in [-0.05, 0) is 48.1 Å². The van der Waals surface area contributed by atoms with Gasteiger partial charge in [0.1, 0.15) is 0 Å². The van der Waals surface area contributed by atoms with Gasteiger partial charge in [0.25, 0.3) is 0 Å². The van der Waals surface area contributed by atoms with Gasteiger partial charge in [0.15, 0.2) is 0 Å². The summed E-state index contributed by atoms with van der Waals surface area (Å²) in [6, 6.07) is 16.6. The Morgan fingerprint density at radius 3 is 2.71 bits per heavy atom. The fourth-order valence-electron chi connectivity index (χ4n) is 3.46. The number of amides is 1. The molecule has 0 saturated heterocycles. The molecule has 1 atom stereocenters. The fourth-order valence-corrected chi connectivity index (χ4v) is 4.29. The number of aromatic nitrogens is 1. The van der Waals surface area contributed by atoms with Gasteiger partial charge in [0.05, 0.1) is 12.5 Å². The molecule has 1 aliphatic heterocycles. The summed E-state index contributed by atoms with van der Waals surface area (Å²) >= 11 is 1.71. The van der Waals surface area contributed by atoms with E-state index in [1.54, 1.807) is 11.3 Å². The van der Waals surface area contributed by atoms with E-state index in [9.17, 15) is 4.79 Å². The minimum atomic E-state index is 0.0709. The van der Waals surface area contributed by atoms with Crippen molar-refractivity contribution in [1.29, 1.82) is 0 Å². The molecule has 0 N–H and O–H groups in total. The molecule has 1 aromatic carbocycles. The first kappa shape index (κ1) is 15.2. The van der Waals surface area contributed by atoms with Crippen molar-refractivity contribution in [3.8, 4) is 0 Å². The van der Waals surface area contributed by atoms with Crippen LogP contribution in [0.2, 0.25) is 0 Å². The number of nitrogens with zero attached hydrogens (tertiary/aromatic N) is 2. The third-order valence-corrected chi connectivity index (χ3v) is 5.61. The second kappa shape index (κ2) is 6.65. The molecule has 3 aromatic rings. The van der Waals surface area contributed by atoms with Gasteiger partial charge in [-0.15, -0.1) is 11.3 Å². The van der Waals surface area contributed by atoms with E-state index in [2.05, 4.69) is 40.3 Å². The van der Waals surface area contributed by atoms with Crippen LogP contribution in [0.3, 0.4) is 0 Å². The van der Waals surface area contributed by atoms with Crippen molar-refractivity contribution in [3.63, 3.8) is 0 Å². The lowest BCUT2D eigenvalue weighted by Gasteiger charge is -2.31. The van der Waals surface area contributed by atoms with E-state index in [0.717, 1.165) is 25.1 Å². The van der Waals surface area contributed by atoms with Gasteiger partial charge in [-0.3, -0.25) is 4.79 Å². The van der Waals surface area contributed by atoms with Crippen LogP contribution in [0.15, 0.2) is 66.3 Å². The molecule has 24 heavy (non-hydrogen) atoms. The van der Waals surface area contributed by atoms with E-state index in [-0.39, 0.29) is 11.9 Å². The van der Waals surface area contributed by atoms with E-state index < -0.39 is 0 Å². The van der Waals surface area contributed by atoms with Gasteiger partial charge in [-0.25, -0.2) is 0 Å². The van der Waals surface area contributed by atoms with Crippen molar-refractivity contribution in [2.75, 3.05) is 11.4 Å². The van der Waals surface area contributed by atoms with Crippen LogP contribution >= 0.6 is 11.3 Å². The van der Waals surface area contributed by atoms with Gasteiger partial charge in [-0.1, -0.05) is 24.3 Å². The highest BCUT2D eigenvalue weighted by Gasteiger charge is 2.26. The minimum absolute atomic E-state index is 0.0709. The molecule has 122 valence electrons. The normalized spacial score (nSPS) is 15.1. The van der Waals surface area contributed by atoms with E-state index in [1.807, 2.05) is 35.5 Å². The maximum Gasteiger partial charge on any atom is 0.229 e. The van der Waals surface area contributed by atoms with Crippen LogP contribution in [0, 0.1) is 0 Å². The molecule has 2 aromatic heterocycles. The van der Waals surface area contributed by atoms with Crippen LogP contribution in [0.4, 0.5) is 5.69 Å². The number of fused-ring (bicyclic) bond motifs is 1. The second-order valence-electron chi connectivity index (χ2n) is 6.14. The monoisotopic (exact) mass is 336 g/mol. The number of para-hydroxylation sites is 1. The molecule has 3 heterocycles. The van der Waals surface area contributed by atoms with Crippen LogP contribution in [0.1, 0.15) is 29.3 Å². The van der Waals surface area contributed by atoms with Crippen LogP contribution < -0.4 is 4.90 Å². The summed E-state index contributed by atoms with van der Waals surface area (Å²) in [6.07, 6.45) is 6.68. The predicted octanol–water partition coefficient (Wildman–Crippen LogP) is 4.51. The maximum absolute atomic E-state index is 13.1. The SMILES string of the molecule is O=C(CC(c1cccs1)n1cccc1)N1CCCc2ccccc21. The van der Waals surface area contributed by atoms with Crippen molar-refractivity contribution in [2.24, 2.45) is 0 Å². The Labute approximate surface area is 146 Å². The molecule has 3 nitrogen and oxygen atoms in total. The predicted molar refractivity (Wildman–Crippen MR) is 98.6 cm³/mol. The number of thiophene rings is 1. The van der Waals surface area contributed by atoms with Gasteiger partial charge in [0, 0.05) is 29.5 Å². The molecule has 0 spiro atoms. The number of hydrogen-bond donors (Lipinski definition) is 0. The Hall–Kier alpha value is -2.33. The van der Waals surface area contributed by atoms with Crippen molar-refractivity contribution in [2.45, 2.75) is 25.3 Å². The van der Waals surface area contributed by atoms with Crippen LogP contribution in [-0.2, 0) is 11.2 Å². The lowest BCUT2D eigenvalue weighted by molar-refractivity contribution is -0.119. The molecule has 4 rings (SSSR count). The zero-order chi connectivity index (χ0) is 16.4. The Morgan fingerprint density at radius 1 is 1.08 bits per heavy atom. The number of carbonyl (C=O) groups is 1. The zero-order valence-electron chi connectivity index (χ0n) is 13.5. The summed E-state index contributed by atoms with van der Waals surface area (Å²) < 4.78 is 2.14. The van der Waals surface area contributed by atoms with Crippen molar-refractivity contribution in [1.82, 2.24) is 4.57 Å². The molecule has 1 amide bonds. The minimum Gasteiger partial charge on any atom is -0.346 e. The highest BCUT2D eigenvalue weighted by molar-refractivity contribution is 7.10. The van der Waals surface area contributed by atoms with Gasteiger partial charge in [-0.2, -0.15) is 0 Å². The molecule has 1 unspecified atom stereocenters. The maximum atomic E-state index is 13.1. The van der Waals surface area contributed by atoms with E-state index in [0.29, 0.717) is 6.42 Å². The topological polar surface area (TPSA) is 25.2 Å². The highest BCUT2D eigenvalue weighted by atomic mass is 32.1. The Bertz CT molecular complexity index is 774. The summed E-state index contributed by atoms with van der Waals surface area (Å²) in [5, 5.41) is 2.08. The number of benzene rings is 1. The van der Waals surface area contributed by atoms with Crippen molar-refractivity contribution in [3.05, 3.63) is 76.7 Å². The number of rotatable bonds is 4. The lowest BCUT2D eigenvalue weighted by atomic mass is 10.0. The summed E-state index contributed by atoms with van der Waals surface area (Å²) in [6.45, 7) is 0.818. The first-order chi connectivity index (χ1) is 11.8. The Kier molecular flexibility index (Phi) is 4.22. The standard InChI is InChI=1S/C20H20N2OS/c23-20(22-13-5-8-16-7-1-2-9-17(16)22)15-18(19-10-6-14-24-19)21-11-3-4-12-21/h1-4,6-7,9-12,14,18H,5,8,13,15H2. The summed E-state index contributed by atoms with van der Waals surface area (Å²) in [4.78, 5) is 16.3. The number of hydrogen-bond acceptors (Lipinski definition) is 2. The Morgan fingerprint density at radius 2 is 1.92 bits per heavy atom. The second-order valence-corrected chi connectivity index (χ2v) is 7.12. The largest absolute Gasteiger partial charge is 0.346 e. The lowest BCUT2D eigenvalue weighted by Crippen LogP contribution is -2.36. The first-order valence-corrected chi connectivity index (χ1v) is 9.25. The molecule has 0 aliphatic carbocycles. The molecule has 4 heteroatoms.